The van der Waals surface area contributed by atoms with Crippen molar-refractivity contribution in [3.8, 4) is 0 Å². The highest BCUT2D eigenvalue weighted by atomic mass is 19.1. The van der Waals surface area contributed by atoms with E-state index in [0.29, 0.717) is 17.5 Å². The molecule has 3 nitrogen and oxygen atoms in total. The Balaban J connectivity index is 2.24. The molecule has 1 aromatic carbocycles. The fourth-order valence-electron chi connectivity index (χ4n) is 2.09. The smallest absolute Gasteiger partial charge is 0.131 e. The van der Waals surface area contributed by atoms with Crippen LogP contribution < -0.4 is 0 Å². The number of halogens is 1. The summed E-state index contributed by atoms with van der Waals surface area (Å²) in [5, 5.41) is 14.3. The largest absolute Gasteiger partial charge is 0.388 e. The number of hydrogen-bond donors (Lipinski definition) is 1. The predicted octanol–water partition coefficient (Wildman–Crippen LogP) is 2.45. The Morgan fingerprint density at radius 3 is 2.72 bits per heavy atom. The van der Waals surface area contributed by atoms with Gasteiger partial charge in [0.2, 0.25) is 0 Å². The number of hydrogen-bond acceptors (Lipinski definition) is 2. The predicted molar refractivity (Wildman–Crippen MR) is 67.7 cm³/mol. The Bertz CT molecular complexity index is 563. The van der Waals surface area contributed by atoms with Crippen LogP contribution in [0.4, 0.5) is 4.39 Å². The maximum absolute atomic E-state index is 13.9. The first-order valence-electron chi connectivity index (χ1n) is 5.91. The second-order valence-electron chi connectivity index (χ2n) is 4.60. The van der Waals surface area contributed by atoms with E-state index in [1.807, 2.05) is 20.0 Å². The van der Waals surface area contributed by atoms with Gasteiger partial charge in [0.05, 0.1) is 11.8 Å². The molecule has 1 unspecified atom stereocenters. The molecule has 1 aromatic heterocycles. The Hall–Kier alpha value is -1.68. The van der Waals surface area contributed by atoms with E-state index in [9.17, 15) is 9.50 Å². The maximum Gasteiger partial charge on any atom is 0.131 e. The molecule has 0 aliphatic carbocycles. The summed E-state index contributed by atoms with van der Waals surface area (Å²) in [7, 11) is 1.82. The molecule has 0 saturated carbocycles. The third-order valence-electron chi connectivity index (χ3n) is 3.08. The molecule has 1 atom stereocenters. The molecule has 0 radical (unpaired) electrons. The molecular weight excluding hydrogens is 231 g/mol. The number of nitrogens with zero attached hydrogens (tertiary/aromatic N) is 2. The lowest BCUT2D eigenvalue weighted by Crippen LogP contribution is -2.08. The Kier molecular flexibility index (Phi) is 3.48. The molecule has 0 aliphatic heterocycles. The second kappa shape index (κ2) is 4.90. The van der Waals surface area contributed by atoms with E-state index in [2.05, 4.69) is 5.10 Å². The molecule has 2 rings (SSSR count). The van der Waals surface area contributed by atoms with Crippen molar-refractivity contribution in [3.05, 3.63) is 52.6 Å². The number of benzene rings is 1. The van der Waals surface area contributed by atoms with Crippen molar-refractivity contribution < 1.29 is 9.50 Å². The van der Waals surface area contributed by atoms with Gasteiger partial charge in [0.1, 0.15) is 5.82 Å². The van der Waals surface area contributed by atoms with E-state index in [-0.39, 0.29) is 5.82 Å². The number of aryl methyl sites for hydroxylation is 3. The summed E-state index contributed by atoms with van der Waals surface area (Å²) in [5.41, 5.74) is 2.67. The minimum absolute atomic E-state index is 0.330. The van der Waals surface area contributed by atoms with Gasteiger partial charge >= 0.3 is 0 Å². The number of aliphatic hydroxyl groups is 1. The molecule has 1 heterocycles. The van der Waals surface area contributed by atoms with Gasteiger partial charge < -0.3 is 5.11 Å². The van der Waals surface area contributed by atoms with Crippen LogP contribution in [0.15, 0.2) is 24.3 Å². The highest BCUT2D eigenvalue weighted by molar-refractivity contribution is 5.27. The SMILES string of the molecule is Cc1cc(CC(O)c2cccc(C)c2F)n(C)n1. The van der Waals surface area contributed by atoms with Crippen molar-refractivity contribution in [2.24, 2.45) is 7.05 Å². The molecule has 0 spiro atoms. The van der Waals surface area contributed by atoms with Gasteiger partial charge in [-0.25, -0.2) is 4.39 Å². The number of aromatic nitrogens is 2. The summed E-state index contributed by atoms with van der Waals surface area (Å²) in [6, 6.07) is 6.97. The third kappa shape index (κ3) is 2.43. The Labute approximate surface area is 106 Å². The minimum Gasteiger partial charge on any atom is -0.388 e. The van der Waals surface area contributed by atoms with E-state index in [0.717, 1.165) is 11.4 Å². The fraction of sp³-hybridized carbons (Fsp3) is 0.357. The first-order chi connectivity index (χ1) is 8.49. The van der Waals surface area contributed by atoms with Gasteiger partial charge in [0.15, 0.2) is 0 Å². The molecule has 0 bridgehead atoms. The molecule has 0 amide bonds. The first kappa shape index (κ1) is 12.8. The third-order valence-corrected chi connectivity index (χ3v) is 3.08. The molecule has 0 fully saturated rings. The van der Waals surface area contributed by atoms with Gasteiger partial charge in [0.25, 0.3) is 0 Å². The lowest BCUT2D eigenvalue weighted by molar-refractivity contribution is 0.171. The summed E-state index contributed by atoms with van der Waals surface area (Å²) >= 11 is 0. The minimum atomic E-state index is -0.848. The van der Waals surface area contributed by atoms with Crippen molar-refractivity contribution >= 4 is 0 Å². The summed E-state index contributed by atoms with van der Waals surface area (Å²) in [6.07, 6.45) is -0.489. The standard InChI is InChI=1S/C14H17FN2O/c1-9-5-4-6-12(14(9)15)13(18)8-11-7-10(2)16-17(11)3/h4-7,13,18H,8H2,1-3H3. The molecule has 2 aromatic rings. The van der Waals surface area contributed by atoms with Crippen LogP contribution in [0.2, 0.25) is 0 Å². The van der Waals surface area contributed by atoms with Crippen molar-refractivity contribution in [1.29, 1.82) is 0 Å². The lowest BCUT2D eigenvalue weighted by atomic mass is 10.0. The summed E-state index contributed by atoms with van der Waals surface area (Å²) in [6.45, 7) is 3.59. The van der Waals surface area contributed by atoms with Gasteiger partial charge in [-0.15, -0.1) is 0 Å². The average molecular weight is 248 g/mol. The summed E-state index contributed by atoms with van der Waals surface area (Å²) in [4.78, 5) is 0. The Morgan fingerprint density at radius 1 is 1.39 bits per heavy atom. The molecule has 1 N–H and O–H groups in total. The molecule has 96 valence electrons. The van der Waals surface area contributed by atoms with Crippen molar-refractivity contribution in [2.45, 2.75) is 26.4 Å². The van der Waals surface area contributed by atoms with Crippen LogP contribution >= 0.6 is 0 Å². The van der Waals surface area contributed by atoms with Gasteiger partial charge in [-0.3, -0.25) is 4.68 Å². The van der Waals surface area contributed by atoms with Crippen molar-refractivity contribution in [3.63, 3.8) is 0 Å². The summed E-state index contributed by atoms with van der Waals surface area (Å²) < 4.78 is 15.6. The normalized spacial score (nSPS) is 12.7. The monoisotopic (exact) mass is 248 g/mol. The average Bonchev–Trinajstić information content (AvgIpc) is 2.61. The number of rotatable bonds is 3. The molecule has 4 heteroatoms. The maximum atomic E-state index is 13.9. The highest BCUT2D eigenvalue weighted by Gasteiger charge is 2.16. The lowest BCUT2D eigenvalue weighted by Gasteiger charge is -2.13. The molecule has 0 saturated heterocycles. The zero-order valence-corrected chi connectivity index (χ0v) is 10.8. The number of aliphatic hydroxyl groups excluding tert-OH is 1. The molecule has 0 aliphatic rings. The second-order valence-corrected chi connectivity index (χ2v) is 4.60. The first-order valence-corrected chi connectivity index (χ1v) is 5.91. The topological polar surface area (TPSA) is 38.0 Å². The zero-order chi connectivity index (χ0) is 13.3. The van der Waals surface area contributed by atoms with Crippen molar-refractivity contribution in [2.75, 3.05) is 0 Å². The van der Waals surface area contributed by atoms with Crippen LogP contribution in [0.25, 0.3) is 0 Å². The van der Waals surface area contributed by atoms with Crippen LogP contribution in [-0.2, 0) is 13.5 Å². The van der Waals surface area contributed by atoms with Crippen LogP contribution in [0.1, 0.15) is 28.6 Å². The van der Waals surface area contributed by atoms with Crippen LogP contribution in [0, 0.1) is 19.7 Å². The van der Waals surface area contributed by atoms with Gasteiger partial charge in [-0.1, -0.05) is 18.2 Å². The van der Waals surface area contributed by atoms with E-state index in [1.165, 1.54) is 0 Å². The fourth-order valence-corrected chi connectivity index (χ4v) is 2.09. The Morgan fingerprint density at radius 2 is 2.11 bits per heavy atom. The molecular formula is C14H17FN2O. The van der Waals surface area contributed by atoms with Crippen LogP contribution in [-0.4, -0.2) is 14.9 Å². The summed E-state index contributed by atoms with van der Waals surface area (Å²) in [5.74, 6) is -0.330. The van der Waals surface area contributed by atoms with E-state index in [1.54, 1.807) is 29.8 Å². The quantitative estimate of drug-likeness (QED) is 0.906. The van der Waals surface area contributed by atoms with Crippen molar-refractivity contribution in [1.82, 2.24) is 9.78 Å². The van der Waals surface area contributed by atoms with E-state index < -0.39 is 6.10 Å². The molecule has 18 heavy (non-hydrogen) atoms. The zero-order valence-electron chi connectivity index (χ0n) is 10.8. The van der Waals surface area contributed by atoms with Crippen LogP contribution in [0.3, 0.4) is 0 Å². The van der Waals surface area contributed by atoms with Crippen LogP contribution in [0.5, 0.6) is 0 Å². The van der Waals surface area contributed by atoms with E-state index >= 15 is 0 Å². The van der Waals surface area contributed by atoms with E-state index in [4.69, 9.17) is 0 Å². The van der Waals surface area contributed by atoms with Gasteiger partial charge in [-0.05, 0) is 25.5 Å². The van der Waals surface area contributed by atoms with Gasteiger partial charge in [-0.2, -0.15) is 5.10 Å². The van der Waals surface area contributed by atoms with Gasteiger partial charge in [0, 0.05) is 24.7 Å². The highest BCUT2D eigenvalue weighted by Crippen LogP contribution is 2.23.